The number of hydrogen-bond donors (Lipinski definition) is 1. The highest BCUT2D eigenvalue weighted by molar-refractivity contribution is 5.41. The Balaban J connectivity index is 1.99. The Hall–Kier alpha value is -1.09. The minimum atomic E-state index is 0.518. The number of anilines is 1. The molecule has 1 aromatic rings. The quantitative estimate of drug-likeness (QED) is 0.887. The lowest BCUT2D eigenvalue weighted by molar-refractivity contribution is 0.588. The number of nitrogens with zero attached hydrogens (tertiary/aromatic N) is 2. The van der Waals surface area contributed by atoms with E-state index in [2.05, 4.69) is 55.0 Å². The largest absolute Gasteiger partial charge is 0.354 e. The minimum Gasteiger partial charge on any atom is -0.354 e. The third-order valence-corrected chi connectivity index (χ3v) is 3.60. The Bertz CT molecular complexity index is 372. The number of rotatable bonds is 4. The van der Waals surface area contributed by atoms with Crippen LogP contribution in [0.1, 0.15) is 39.7 Å². The molecule has 1 aliphatic heterocycles. The topological polar surface area (TPSA) is 28.2 Å². The van der Waals surface area contributed by atoms with E-state index in [-0.39, 0.29) is 0 Å². The molecule has 0 amide bonds. The molecule has 3 heteroatoms. The first-order valence-electron chi connectivity index (χ1n) is 7.01. The zero-order valence-electron chi connectivity index (χ0n) is 12.0. The minimum absolute atomic E-state index is 0.518. The molecule has 2 heterocycles. The van der Waals surface area contributed by atoms with Gasteiger partial charge in [-0.1, -0.05) is 26.8 Å². The molecule has 0 aromatic carbocycles. The SMILES string of the molecule is CC1CC(C)N(c2ccc(CNC(C)C)cn2)C1. The third-order valence-electron chi connectivity index (χ3n) is 3.60. The van der Waals surface area contributed by atoms with E-state index in [0.717, 1.165) is 24.8 Å². The van der Waals surface area contributed by atoms with Gasteiger partial charge in [-0.2, -0.15) is 0 Å². The molecule has 0 aliphatic carbocycles. The van der Waals surface area contributed by atoms with E-state index in [1.54, 1.807) is 0 Å². The van der Waals surface area contributed by atoms with Gasteiger partial charge >= 0.3 is 0 Å². The van der Waals surface area contributed by atoms with Gasteiger partial charge in [0, 0.05) is 31.4 Å². The van der Waals surface area contributed by atoms with Gasteiger partial charge in [0.2, 0.25) is 0 Å². The van der Waals surface area contributed by atoms with Gasteiger partial charge in [0.25, 0.3) is 0 Å². The number of aromatic nitrogens is 1. The van der Waals surface area contributed by atoms with Gasteiger partial charge in [0.15, 0.2) is 0 Å². The fraction of sp³-hybridized carbons (Fsp3) is 0.667. The molecule has 0 spiro atoms. The maximum absolute atomic E-state index is 4.61. The Morgan fingerprint density at radius 2 is 2.17 bits per heavy atom. The first-order chi connectivity index (χ1) is 8.56. The maximum Gasteiger partial charge on any atom is 0.128 e. The molecule has 1 aromatic heterocycles. The zero-order chi connectivity index (χ0) is 13.1. The number of pyridine rings is 1. The van der Waals surface area contributed by atoms with Crippen molar-refractivity contribution in [2.45, 2.75) is 52.7 Å². The summed E-state index contributed by atoms with van der Waals surface area (Å²) in [5.74, 6) is 1.91. The Labute approximate surface area is 111 Å². The molecule has 1 saturated heterocycles. The summed E-state index contributed by atoms with van der Waals surface area (Å²) >= 11 is 0. The van der Waals surface area contributed by atoms with Gasteiger partial charge in [0.1, 0.15) is 5.82 Å². The summed E-state index contributed by atoms with van der Waals surface area (Å²) in [6, 6.07) is 5.48. The van der Waals surface area contributed by atoms with E-state index >= 15 is 0 Å². The van der Waals surface area contributed by atoms with Crippen LogP contribution in [-0.2, 0) is 6.54 Å². The van der Waals surface area contributed by atoms with Crippen molar-refractivity contribution < 1.29 is 0 Å². The summed E-state index contributed by atoms with van der Waals surface area (Å²) in [5, 5.41) is 3.41. The molecule has 0 bridgehead atoms. The number of hydrogen-bond acceptors (Lipinski definition) is 3. The van der Waals surface area contributed by atoms with Crippen molar-refractivity contribution in [1.82, 2.24) is 10.3 Å². The van der Waals surface area contributed by atoms with Gasteiger partial charge in [-0.05, 0) is 30.9 Å². The Kier molecular flexibility index (Phi) is 4.23. The molecule has 0 radical (unpaired) electrons. The molecule has 2 atom stereocenters. The van der Waals surface area contributed by atoms with Gasteiger partial charge in [-0.3, -0.25) is 0 Å². The van der Waals surface area contributed by atoms with E-state index in [1.165, 1.54) is 12.0 Å². The van der Waals surface area contributed by atoms with E-state index in [0.29, 0.717) is 12.1 Å². The van der Waals surface area contributed by atoms with Crippen LogP contribution in [-0.4, -0.2) is 23.6 Å². The average Bonchev–Trinajstić information content (AvgIpc) is 2.66. The van der Waals surface area contributed by atoms with Gasteiger partial charge in [-0.15, -0.1) is 0 Å². The van der Waals surface area contributed by atoms with Crippen LogP contribution in [0.25, 0.3) is 0 Å². The molecule has 1 aliphatic rings. The predicted molar refractivity (Wildman–Crippen MR) is 76.8 cm³/mol. The first-order valence-corrected chi connectivity index (χ1v) is 7.01. The van der Waals surface area contributed by atoms with Crippen molar-refractivity contribution in [2.24, 2.45) is 5.92 Å². The summed E-state index contributed by atoms with van der Waals surface area (Å²) in [6.07, 6.45) is 3.28. The Morgan fingerprint density at radius 3 is 2.67 bits per heavy atom. The lowest BCUT2D eigenvalue weighted by Gasteiger charge is -2.22. The molecular formula is C15H25N3. The Morgan fingerprint density at radius 1 is 1.39 bits per heavy atom. The second-order valence-electron chi connectivity index (χ2n) is 5.90. The van der Waals surface area contributed by atoms with Crippen molar-refractivity contribution in [2.75, 3.05) is 11.4 Å². The van der Waals surface area contributed by atoms with Crippen LogP contribution in [0.15, 0.2) is 18.3 Å². The van der Waals surface area contributed by atoms with Crippen LogP contribution in [0.5, 0.6) is 0 Å². The highest BCUT2D eigenvalue weighted by Gasteiger charge is 2.26. The number of nitrogens with one attached hydrogen (secondary N) is 1. The highest BCUT2D eigenvalue weighted by atomic mass is 15.2. The van der Waals surface area contributed by atoms with Gasteiger partial charge in [0.05, 0.1) is 0 Å². The van der Waals surface area contributed by atoms with Crippen LogP contribution in [0, 0.1) is 5.92 Å². The summed E-state index contributed by atoms with van der Waals surface area (Å²) < 4.78 is 0. The smallest absolute Gasteiger partial charge is 0.128 e. The standard InChI is InChI=1S/C15H25N3/c1-11(2)16-8-14-5-6-15(17-9-14)18-10-12(3)7-13(18)4/h5-6,9,11-13,16H,7-8,10H2,1-4H3. The third kappa shape index (κ3) is 3.22. The fourth-order valence-corrected chi connectivity index (χ4v) is 2.63. The summed E-state index contributed by atoms with van der Waals surface area (Å²) in [4.78, 5) is 7.03. The normalized spacial score (nSPS) is 23.9. The van der Waals surface area contributed by atoms with Crippen LogP contribution in [0.2, 0.25) is 0 Å². The van der Waals surface area contributed by atoms with Crippen LogP contribution >= 0.6 is 0 Å². The van der Waals surface area contributed by atoms with E-state index in [9.17, 15) is 0 Å². The monoisotopic (exact) mass is 247 g/mol. The van der Waals surface area contributed by atoms with E-state index in [4.69, 9.17) is 0 Å². The summed E-state index contributed by atoms with van der Waals surface area (Å²) in [6.45, 7) is 11.0. The summed E-state index contributed by atoms with van der Waals surface area (Å²) in [5.41, 5.74) is 1.26. The predicted octanol–water partition coefficient (Wildman–Crippen LogP) is 2.81. The summed E-state index contributed by atoms with van der Waals surface area (Å²) in [7, 11) is 0. The second kappa shape index (κ2) is 5.70. The molecule has 0 saturated carbocycles. The van der Waals surface area contributed by atoms with Crippen LogP contribution in [0.3, 0.4) is 0 Å². The molecule has 1 fully saturated rings. The van der Waals surface area contributed by atoms with Crippen molar-refractivity contribution in [3.05, 3.63) is 23.9 Å². The molecular weight excluding hydrogens is 222 g/mol. The van der Waals surface area contributed by atoms with Crippen molar-refractivity contribution in [1.29, 1.82) is 0 Å². The van der Waals surface area contributed by atoms with Crippen molar-refractivity contribution >= 4 is 5.82 Å². The van der Waals surface area contributed by atoms with Crippen LogP contribution in [0.4, 0.5) is 5.82 Å². The molecule has 2 rings (SSSR count). The van der Waals surface area contributed by atoms with Crippen LogP contribution < -0.4 is 10.2 Å². The lowest BCUT2D eigenvalue weighted by Crippen LogP contribution is -2.27. The highest BCUT2D eigenvalue weighted by Crippen LogP contribution is 2.27. The van der Waals surface area contributed by atoms with Gasteiger partial charge in [-0.25, -0.2) is 4.98 Å². The first kappa shape index (κ1) is 13.3. The van der Waals surface area contributed by atoms with E-state index < -0.39 is 0 Å². The second-order valence-corrected chi connectivity index (χ2v) is 5.90. The maximum atomic E-state index is 4.61. The van der Waals surface area contributed by atoms with Gasteiger partial charge < -0.3 is 10.2 Å². The lowest BCUT2D eigenvalue weighted by atomic mass is 10.1. The molecule has 3 nitrogen and oxygen atoms in total. The molecule has 1 N–H and O–H groups in total. The van der Waals surface area contributed by atoms with E-state index in [1.807, 2.05) is 6.20 Å². The zero-order valence-corrected chi connectivity index (χ0v) is 12.0. The molecule has 18 heavy (non-hydrogen) atoms. The fourth-order valence-electron chi connectivity index (χ4n) is 2.63. The average molecular weight is 247 g/mol. The van der Waals surface area contributed by atoms with Crippen molar-refractivity contribution in [3.8, 4) is 0 Å². The molecule has 100 valence electrons. The molecule has 2 unspecified atom stereocenters. The van der Waals surface area contributed by atoms with Crippen molar-refractivity contribution in [3.63, 3.8) is 0 Å².